The van der Waals surface area contributed by atoms with Crippen LogP contribution in [0.1, 0.15) is 24.5 Å². The van der Waals surface area contributed by atoms with E-state index in [1.165, 1.54) is 23.8 Å². The standard InChI is InChI=1S/C21H21N3O2S/c1-14-3-5-16(6-4-14)7-12-20(26)24-21-23-19(13-27-21)17-8-10-18(11-9-17)22-15(2)25/h3-6,8-11,13H,7,12H2,1-2H3,(H,22,25)(H,23,24,26). The van der Waals surface area contributed by atoms with Crippen molar-refractivity contribution >= 4 is 34.0 Å². The van der Waals surface area contributed by atoms with Gasteiger partial charge in [0.05, 0.1) is 5.69 Å². The number of nitrogens with one attached hydrogen (secondary N) is 2. The molecule has 138 valence electrons. The van der Waals surface area contributed by atoms with Crippen LogP contribution in [-0.2, 0) is 16.0 Å². The van der Waals surface area contributed by atoms with Crippen LogP contribution in [-0.4, -0.2) is 16.8 Å². The van der Waals surface area contributed by atoms with E-state index in [9.17, 15) is 9.59 Å². The minimum atomic E-state index is -0.105. The zero-order chi connectivity index (χ0) is 19.2. The molecule has 2 amide bonds. The fraction of sp³-hybridized carbons (Fsp3) is 0.190. The van der Waals surface area contributed by atoms with Crippen LogP contribution in [0.2, 0.25) is 0 Å². The molecule has 0 aliphatic rings. The molecule has 27 heavy (non-hydrogen) atoms. The lowest BCUT2D eigenvalue weighted by Crippen LogP contribution is -2.12. The first-order valence-corrected chi connectivity index (χ1v) is 9.56. The number of amides is 2. The lowest BCUT2D eigenvalue weighted by Gasteiger charge is -2.03. The number of hydrogen-bond acceptors (Lipinski definition) is 4. The second kappa shape index (κ2) is 8.60. The maximum Gasteiger partial charge on any atom is 0.226 e. The quantitative estimate of drug-likeness (QED) is 0.655. The Hall–Kier alpha value is -2.99. The molecule has 3 rings (SSSR count). The highest BCUT2D eigenvalue weighted by atomic mass is 32.1. The molecule has 3 aromatic rings. The zero-order valence-corrected chi connectivity index (χ0v) is 16.1. The molecule has 2 N–H and O–H groups in total. The number of nitrogens with zero attached hydrogens (tertiary/aromatic N) is 1. The summed E-state index contributed by atoms with van der Waals surface area (Å²) in [5.74, 6) is -0.149. The summed E-state index contributed by atoms with van der Waals surface area (Å²) in [4.78, 5) is 27.7. The Balaban J connectivity index is 1.56. The van der Waals surface area contributed by atoms with E-state index in [1.54, 1.807) is 0 Å². The Labute approximate surface area is 162 Å². The third-order valence-electron chi connectivity index (χ3n) is 4.01. The summed E-state index contributed by atoms with van der Waals surface area (Å²) in [5.41, 5.74) is 4.83. The number of rotatable bonds is 6. The topological polar surface area (TPSA) is 71.1 Å². The van der Waals surface area contributed by atoms with Gasteiger partial charge in [-0.25, -0.2) is 4.98 Å². The number of thiazole rings is 1. The highest BCUT2D eigenvalue weighted by Gasteiger charge is 2.09. The van der Waals surface area contributed by atoms with Crippen LogP contribution in [0, 0.1) is 6.92 Å². The summed E-state index contributed by atoms with van der Waals surface area (Å²) in [6.07, 6.45) is 1.12. The predicted molar refractivity (Wildman–Crippen MR) is 110 cm³/mol. The number of hydrogen-bond donors (Lipinski definition) is 2. The number of benzene rings is 2. The van der Waals surface area contributed by atoms with Gasteiger partial charge >= 0.3 is 0 Å². The molecule has 0 radical (unpaired) electrons. The van der Waals surface area contributed by atoms with E-state index in [2.05, 4.69) is 39.9 Å². The third kappa shape index (κ3) is 5.49. The first kappa shape index (κ1) is 18.8. The molecule has 1 aromatic heterocycles. The van der Waals surface area contributed by atoms with Crippen LogP contribution in [0.4, 0.5) is 10.8 Å². The van der Waals surface area contributed by atoms with Gasteiger partial charge < -0.3 is 10.6 Å². The SMILES string of the molecule is CC(=O)Nc1ccc(-c2csc(NC(=O)CCc3ccc(C)cc3)n2)cc1. The van der Waals surface area contributed by atoms with Crippen molar-refractivity contribution in [2.45, 2.75) is 26.7 Å². The van der Waals surface area contributed by atoms with Crippen molar-refractivity contribution in [1.82, 2.24) is 4.98 Å². The second-order valence-electron chi connectivity index (χ2n) is 6.33. The number of aryl methyl sites for hydroxylation is 2. The average molecular weight is 379 g/mol. The molecule has 0 aliphatic carbocycles. The first-order chi connectivity index (χ1) is 13.0. The molecular formula is C21H21N3O2S. The molecule has 6 heteroatoms. The molecule has 0 saturated heterocycles. The maximum absolute atomic E-state index is 12.2. The van der Waals surface area contributed by atoms with Gasteiger partial charge in [0, 0.05) is 30.0 Å². The summed E-state index contributed by atoms with van der Waals surface area (Å²) < 4.78 is 0. The minimum Gasteiger partial charge on any atom is -0.326 e. The maximum atomic E-state index is 12.2. The van der Waals surface area contributed by atoms with Crippen molar-refractivity contribution in [3.05, 3.63) is 65.0 Å². The van der Waals surface area contributed by atoms with Gasteiger partial charge in [0.1, 0.15) is 0 Å². The molecule has 0 saturated carbocycles. The van der Waals surface area contributed by atoms with Gasteiger partial charge in [0.25, 0.3) is 0 Å². The summed E-state index contributed by atoms with van der Waals surface area (Å²) in [7, 11) is 0. The van der Waals surface area contributed by atoms with Crippen molar-refractivity contribution in [2.24, 2.45) is 0 Å². The van der Waals surface area contributed by atoms with Gasteiger partial charge in [-0.15, -0.1) is 11.3 Å². The summed E-state index contributed by atoms with van der Waals surface area (Å²) in [6.45, 7) is 3.52. The van der Waals surface area contributed by atoms with Gasteiger partial charge in [-0.1, -0.05) is 42.0 Å². The van der Waals surface area contributed by atoms with Crippen LogP contribution in [0.5, 0.6) is 0 Å². The molecule has 0 bridgehead atoms. The van der Waals surface area contributed by atoms with Gasteiger partial charge in [-0.3, -0.25) is 9.59 Å². The zero-order valence-electron chi connectivity index (χ0n) is 15.3. The van der Waals surface area contributed by atoms with E-state index in [1.807, 2.05) is 36.6 Å². The van der Waals surface area contributed by atoms with E-state index in [0.717, 1.165) is 22.5 Å². The Kier molecular flexibility index (Phi) is 5.98. The van der Waals surface area contributed by atoms with Crippen molar-refractivity contribution in [3.8, 4) is 11.3 Å². The first-order valence-electron chi connectivity index (χ1n) is 8.68. The smallest absolute Gasteiger partial charge is 0.226 e. The normalized spacial score (nSPS) is 10.4. The van der Waals surface area contributed by atoms with Crippen LogP contribution < -0.4 is 10.6 Å². The van der Waals surface area contributed by atoms with Crippen molar-refractivity contribution < 1.29 is 9.59 Å². The fourth-order valence-electron chi connectivity index (χ4n) is 2.59. The van der Waals surface area contributed by atoms with Gasteiger partial charge in [-0.05, 0) is 31.0 Å². The molecule has 0 fully saturated rings. The average Bonchev–Trinajstić information content (AvgIpc) is 3.10. The molecule has 0 unspecified atom stereocenters. The Bertz CT molecular complexity index is 931. The van der Waals surface area contributed by atoms with Crippen LogP contribution in [0.25, 0.3) is 11.3 Å². The summed E-state index contributed by atoms with van der Waals surface area (Å²) in [5, 5.41) is 8.09. The third-order valence-corrected chi connectivity index (χ3v) is 4.77. The number of anilines is 2. The highest BCUT2D eigenvalue weighted by molar-refractivity contribution is 7.14. The van der Waals surface area contributed by atoms with Gasteiger partial charge in [-0.2, -0.15) is 0 Å². The van der Waals surface area contributed by atoms with E-state index < -0.39 is 0 Å². The molecule has 5 nitrogen and oxygen atoms in total. The highest BCUT2D eigenvalue weighted by Crippen LogP contribution is 2.26. The van der Waals surface area contributed by atoms with Crippen molar-refractivity contribution in [2.75, 3.05) is 10.6 Å². The van der Waals surface area contributed by atoms with Crippen LogP contribution >= 0.6 is 11.3 Å². The number of carbonyl (C=O) groups excluding carboxylic acids is 2. The lowest BCUT2D eigenvalue weighted by atomic mass is 10.1. The number of carbonyl (C=O) groups is 2. The largest absolute Gasteiger partial charge is 0.326 e. The van der Waals surface area contributed by atoms with Crippen LogP contribution in [0.15, 0.2) is 53.9 Å². The Morgan fingerprint density at radius 2 is 1.70 bits per heavy atom. The Morgan fingerprint density at radius 3 is 2.37 bits per heavy atom. The molecule has 1 heterocycles. The molecule has 0 aliphatic heterocycles. The Morgan fingerprint density at radius 1 is 1.00 bits per heavy atom. The van der Waals surface area contributed by atoms with Gasteiger partial charge in [0.15, 0.2) is 5.13 Å². The number of aromatic nitrogens is 1. The second-order valence-corrected chi connectivity index (χ2v) is 7.19. The van der Waals surface area contributed by atoms with Crippen molar-refractivity contribution in [3.63, 3.8) is 0 Å². The lowest BCUT2D eigenvalue weighted by molar-refractivity contribution is -0.116. The van der Waals surface area contributed by atoms with E-state index in [4.69, 9.17) is 0 Å². The molecule has 0 spiro atoms. The summed E-state index contributed by atoms with van der Waals surface area (Å²) >= 11 is 1.40. The van der Waals surface area contributed by atoms with Crippen LogP contribution in [0.3, 0.4) is 0 Å². The van der Waals surface area contributed by atoms with Gasteiger partial charge in [0.2, 0.25) is 11.8 Å². The summed E-state index contributed by atoms with van der Waals surface area (Å²) in [6, 6.07) is 15.6. The minimum absolute atomic E-state index is 0.0440. The van der Waals surface area contributed by atoms with E-state index >= 15 is 0 Å². The molecular weight excluding hydrogens is 358 g/mol. The van der Waals surface area contributed by atoms with Crippen molar-refractivity contribution in [1.29, 1.82) is 0 Å². The predicted octanol–water partition coefficient (Wildman–Crippen LogP) is 4.65. The molecule has 0 atom stereocenters. The van der Waals surface area contributed by atoms with E-state index in [-0.39, 0.29) is 11.8 Å². The van der Waals surface area contributed by atoms with E-state index in [0.29, 0.717) is 18.0 Å². The molecule has 2 aromatic carbocycles. The fourth-order valence-corrected chi connectivity index (χ4v) is 3.32. The monoisotopic (exact) mass is 379 g/mol.